The third-order valence-electron chi connectivity index (χ3n) is 3.65. The fourth-order valence-corrected chi connectivity index (χ4v) is 3.09. The SMILES string of the molecule is C=CCC[C@H](c1cc(Br)cc(F)c1O)N1CCNCC1. The van der Waals surface area contributed by atoms with Crippen molar-refractivity contribution in [1.82, 2.24) is 10.2 Å². The number of nitrogens with zero attached hydrogens (tertiary/aromatic N) is 1. The van der Waals surface area contributed by atoms with Crippen LogP contribution in [0.1, 0.15) is 24.4 Å². The Morgan fingerprint density at radius 3 is 2.80 bits per heavy atom. The maximum absolute atomic E-state index is 13.8. The van der Waals surface area contributed by atoms with Crippen molar-refractivity contribution in [3.8, 4) is 5.75 Å². The predicted octanol–water partition coefficient (Wildman–Crippen LogP) is 3.21. The van der Waals surface area contributed by atoms with E-state index in [0.29, 0.717) is 10.0 Å². The number of hydrogen-bond donors (Lipinski definition) is 2. The average Bonchev–Trinajstić information content (AvgIpc) is 2.45. The maximum atomic E-state index is 13.8. The highest BCUT2D eigenvalue weighted by Crippen LogP contribution is 2.36. The van der Waals surface area contributed by atoms with Crippen molar-refractivity contribution in [2.45, 2.75) is 18.9 Å². The highest BCUT2D eigenvalue weighted by atomic mass is 79.9. The van der Waals surface area contributed by atoms with Crippen LogP contribution in [0.2, 0.25) is 0 Å². The number of phenolic OH excluding ortho intramolecular Hbond substituents is 1. The molecule has 2 N–H and O–H groups in total. The molecule has 5 heteroatoms. The van der Waals surface area contributed by atoms with Gasteiger partial charge in [0.2, 0.25) is 0 Å². The summed E-state index contributed by atoms with van der Waals surface area (Å²) in [7, 11) is 0. The van der Waals surface area contributed by atoms with Crippen molar-refractivity contribution in [3.63, 3.8) is 0 Å². The molecule has 1 heterocycles. The van der Waals surface area contributed by atoms with Crippen LogP contribution in [0, 0.1) is 5.82 Å². The van der Waals surface area contributed by atoms with Crippen LogP contribution in [0.25, 0.3) is 0 Å². The fraction of sp³-hybridized carbons (Fsp3) is 0.467. The minimum absolute atomic E-state index is 0.0158. The number of piperazine rings is 1. The molecule has 0 saturated carbocycles. The van der Waals surface area contributed by atoms with Crippen LogP contribution in [0.3, 0.4) is 0 Å². The number of benzene rings is 1. The molecule has 1 aromatic carbocycles. The van der Waals surface area contributed by atoms with Crippen LogP contribution >= 0.6 is 15.9 Å². The third-order valence-corrected chi connectivity index (χ3v) is 4.11. The summed E-state index contributed by atoms with van der Waals surface area (Å²) in [5.74, 6) is -0.811. The molecule has 0 amide bonds. The van der Waals surface area contributed by atoms with Crippen molar-refractivity contribution < 1.29 is 9.50 Å². The van der Waals surface area contributed by atoms with Gasteiger partial charge in [-0.15, -0.1) is 6.58 Å². The van der Waals surface area contributed by atoms with Crippen molar-refractivity contribution in [3.05, 3.63) is 40.6 Å². The Bertz CT molecular complexity index is 475. The number of aromatic hydroxyl groups is 1. The van der Waals surface area contributed by atoms with E-state index in [1.54, 1.807) is 0 Å². The van der Waals surface area contributed by atoms with Gasteiger partial charge < -0.3 is 10.4 Å². The first-order valence-electron chi connectivity index (χ1n) is 6.87. The van der Waals surface area contributed by atoms with E-state index in [2.05, 4.69) is 32.7 Å². The molecule has 0 radical (unpaired) electrons. The number of halogens is 2. The number of phenols is 1. The molecule has 0 spiro atoms. The first-order valence-corrected chi connectivity index (χ1v) is 7.66. The van der Waals surface area contributed by atoms with Gasteiger partial charge in [-0.05, 0) is 25.0 Å². The molecule has 1 aliphatic heterocycles. The van der Waals surface area contributed by atoms with Crippen molar-refractivity contribution in [2.75, 3.05) is 26.2 Å². The van der Waals surface area contributed by atoms with Crippen molar-refractivity contribution in [2.24, 2.45) is 0 Å². The average molecular weight is 343 g/mol. The molecule has 1 saturated heterocycles. The first kappa shape index (κ1) is 15.5. The van der Waals surface area contributed by atoms with E-state index in [0.717, 1.165) is 39.0 Å². The predicted molar refractivity (Wildman–Crippen MR) is 82.4 cm³/mol. The fourth-order valence-electron chi connectivity index (χ4n) is 2.64. The van der Waals surface area contributed by atoms with Gasteiger partial charge in [-0.3, -0.25) is 4.90 Å². The van der Waals surface area contributed by atoms with E-state index < -0.39 is 5.82 Å². The van der Waals surface area contributed by atoms with Crippen LogP contribution in [-0.2, 0) is 0 Å². The zero-order valence-corrected chi connectivity index (χ0v) is 13.0. The highest BCUT2D eigenvalue weighted by molar-refractivity contribution is 9.10. The summed E-state index contributed by atoms with van der Waals surface area (Å²) in [6.07, 6.45) is 3.52. The summed E-state index contributed by atoms with van der Waals surface area (Å²) >= 11 is 3.31. The van der Waals surface area contributed by atoms with Gasteiger partial charge in [0, 0.05) is 42.3 Å². The van der Waals surface area contributed by atoms with Gasteiger partial charge >= 0.3 is 0 Å². The number of rotatable bonds is 5. The lowest BCUT2D eigenvalue weighted by Crippen LogP contribution is -2.45. The van der Waals surface area contributed by atoms with E-state index in [-0.39, 0.29) is 11.8 Å². The second-order valence-electron chi connectivity index (χ2n) is 4.99. The van der Waals surface area contributed by atoms with Crippen LogP contribution in [0.4, 0.5) is 4.39 Å². The van der Waals surface area contributed by atoms with E-state index in [9.17, 15) is 9.50 Å². The lowest BCUT2D eigenvalue weighted by atomic mass is 9.98. The summed E-state index contributed by atoms with van der Waals surface area (Å²) in [5.41, 5.74) is 0.653. The Morgan fingerprint density at radius 2 is 2.15 bits per heavy atom. The van der Waals surface area contributed by atoms with Crippen LogP contribution in [-0.4, -0.2) is 36.2 Å². The van der Waals surface area contributed by atoms with Gasteiger partial charge in [0.1, 0.15) is 0 Å². The monoisotopic (exact) mass is 342 g/mol. The molecule has 3 nitrogen and oxygen atoms in total. The Balaban J connectivity index is 2.31. The molecule has 2 rings (SSSR count). The van der Waals surface area contributed by atoms with Crippen LogP contribution in [0.15, 0.2) is 29.3 Å². The molecule has 1 atom stereocenters. The Labute approximate surface area is 127 Å². The summed E-state index contributed by atoms with van der Waals surface area (Å²) in [6.45, 7) is 7.39. The number of nitrogens with one attached hydrogen (secondary N) is 1. The van der Waals surface area contributed by atoms with Gasteiger partial charge in [-0.25, -0.2) is 4.39 Å². The summed E-state index contributed by atoms with van der Waals surface area (Å²) in [6, 6.07) is 3.12. The minimum atomic E-state index is -0.576. The Hall–Kier alpha value is -0.910. The second kappa shape index (κ2) is 7.20. The first-order chi connectivity index (χ1) is 9.63. The molecule has 1 aromatic rings. The zero-order chi connectivity index (χ0) is 14.5. The molecule has 0 bridgehead atoms. The number of hydrogen-bond acceptors (Lipinski definition) is 3. The van der Waals surface area contributed by atoms with E-state index in [1.165, 1.54) is 6.07 Å². The quantitative estimate of drug-likeness (QED) is 0.806. The van der Waals surface area contributed by atoms with Gasteiger partial charge in [0.25, 0.3) is 0 Å². The van der Waals surface area contributed by atoms with Gasteiger partial charge in [-0.1, -0.05) is 22.0 Å². The second-order valence-corrected chi connectivity index (χ2v) is 5.91. The molecule has 0 aliphatic carbocycles. The van der Waals surface area contributed by atoms with Crippen molar-refractivity contribution in [1.29, 1.82) is 0 Å². The standard InChI is InChI=1S/C15H20BrFN2O/c1-2-3-4-14(19-7-5-18-6-8-19)12-9-11(16)10-13(17)15(12)20/h2,9-10,14,18,20H,1,3-8H2/t14-/m1/s1. The molecule has 1 aliphatic rings. The lowest BCUT2D eigenvalue weighted by molar-refractivity contribution is 0.163. The van der Waals surface area contributed by atoms with Crippen LogP contribution in [0.5, 0.6) is 5.75 Å². The summed E-state index contributed by atoms with van der Waals surface area (Å²) in [4.78, 5) is 2.29. The van der Waals surface area contributed by atoms with Gasteiger partial charge in [0.15, 0.2) is 11.6 Å². The third kappa shape index (κ3) is 3.59. The Kier molecular flexibility index (Phi) is 5.57. The molecular formula is C15H20BrFN2O. The molecule has 20 heavy (non-hydrogen) atoms. The Morgan fingerprint density at radius 1 is 1.45 bits per heavy atom. The van der Waals surface area contributed by atoms with Gasteiger partial charge in [-0.2, -0.15) is 0 Å². The maximum Gasteiger partial charge on any atom is 0.166 e. The van der Waals surface area contributed by atoms with E-state index >= 15 is 0 Å². The number of allylic oxidation sites excluding steroid dienone is 1. The van der Waals surface area contributed by atoms with Crippen molar-refractivity contribution >= 4 is 15.9 Å². The molecular weight excluding hydrogens is 323 g/mol. The summed E-state index contributed by atoms with van der Waals surface area (Å²) in [5, 5.41) is 13.4. The van der Waals surface area contributed by atoms with E-state index in [1.807, 2.05) is 12.1 Å². The molecule has 0 unspecified atom stereocenters. The lowest BCUT2D eigenvalue weighted by Gasteiger charge is -2.35. The highest BCUT2D eigenvalue weighted by Gasteiger charge is 2.25. The normalized spacial score (nSPS) is 17.9. The van der Waals surface area contributed by atoms with Gasteiger partial charge in [0.05, 0.1) is 0 Å². The molecule has 110 valence electrons. The minimum Gasteiger partial charge on any atom is -0.505 e. The molecule has 0 aromatic heterocycles. The zero-order valence-electron chi connectivity index (χ0n) is 11.4. The topological polar surface area (TPSA) is 35.5 Å². The summed E-state index contributed by atoms with van der Waals surface area (Å²) < 4.78 is 14.4. The smallest absolute Gasteiger partial charge is 0.166 e. The largest absolute Gasteiger partial charge is 0.505 e. The molecule has 1 fully saturated rings. The van der Waals surface area contributed by atoms with E-state index in [4.69, 9.17) is 0 Å². The van der Waals surface area contributed by atoms with Crippen LogP contribution < -0.4 is 5.32 Å².